The predicted octanol–water partition coefficient (Wildman–Crippen LogP) is 3.96. The summed E-state index contributed by atoms with van der Waals surface area (Å²) in [5, 5.41) is 23.6. The fourth-order valence-electron chi connectivity index (χ4n) is 4.18. The molecule has 1 aromatic heterocycles. The zero-order valence-corrected chi connectivity index (χ0v) is 22.2. The molecule has 8 nitrogen and oxygen atoms in total. The molecule has 1 aliphatic heterocycles. The Kier molecular flexibility index (Phi) is 7.62. The van der Waals surface area contributed by atoms with Crippen LogP contribution in [0.1, 0.15) is 49.3 Å². The number of rotatable bonds is 9. The van der Waals surface area contributed by atoms with Crippen molar-refractivity contribution in [3.05, 3.63) is 71.2 Å². The smallest absolute Gasteiger partial charge is 0.251 e. The van der Waals surface area contributed by atoms with Crippen molar-refractivity contribution < 1.29 is 33.6 Å². The van der Waals surface area contributed by atoms with Crippen LogP contribution in [0, 0.1) is 5.82 Å². The molecular weight excluding hydrogens is 491 g/mol. The quantitative estimate of drug-likeness (QED) is 0.389. The number of nitrogens with zero attached hydrogens (tertiary/aromatic N) is 1. The first-order chi connectivity index (χ1) is 17.9. The topological polar surface area (TPSA) is 110 Å². The molecule has 0 spiro atoms. The number of hydrogen-bond donors (Lipinski definition) is 3. The molecule has 0 radical (unpaired) electrons. The van der Waals surface area contributed by atoms with E-state index in [-0.39, 0.29) is 24.4 Å². The lowest BCUT2D eigenvalue weighted by Crippen LogP contribution is -2.39. The molecule has 4 rings (SSSR count). The first-order valence-electron chi connectivity index (χ1n) is 12.4. The number of carbonyl (C=O) groups excluding carboxylic acids is 1. The summed E-state index contributed by atoms with van der Waals surface area (Å²) in [6, 6.07) is 12.4. The molecule has 0 aliphatic carbocycles. The molecular formula is C29H33FN2O6. The Morgan fingerprint density at radius 1 is 1.21 bits per heavy atom. The lowest BCUT2D eigenvalue weighted by Gasteiger charge is -2.26. The lowest BCUT2D eigenvalue weighted by atomic mass is 9.84. The summed E-state index contributed by atoms with van der Waals surface area (Å²) in [6.45, 7) is 7.66. The molecule has 3 aromatic rings. The summed E-state index contributed by atoms with van der Waals surface area (Å²) in [6.07, 6.45) is -0.654. The van der Waals surface area contributed by atoms with Gasteiger partial charge in [0.15, 0.2) is 11.5 Å². The summed E-state index contributed by atoms with van der Waals surface area (Å²) < 4.78 is 30.4. The highest BCUT2D eigenvalue weighted by atomic mass is 19.1. The van der Waals surface area contributed by atoms with Crippen LogP contribution in [0.2, 0.25) is 0 Å². The van der Waals surface area contributed by atoms with Gasteiger partial charge in [0, 0.05) is 22.1 Å². The third-order valence-electron chi connectivity index (χ3n) is 6.45. The van der Waals surface area contributed by atoms with Crippen LogP contribution >= 0.6 is 0 Å². The van der Waals surface area contributed by atoms with Crippen molar-refractivity contribution in [2.45, 2.75) is 44.8 Å². The largest absolute Gasteiger partial charge is 0.493 e. The second-order valence-electron chi connectivity index (χ2n) is 10.4. The number of aliphatic hydroxyl groups is 2. The van der Waals surface area contributed by atoms with Gasteiger partial charge in [0.1, 0.15) is 29.5 Å². The molecule has 2 aromatic carbocycles. The van der Waals surface area contributed by atoms with E-state index < -0.39 is 17.6 Å². The normalized spacial score (nSPS) is 16.1. The van der Waals surface area contributed by atoms with Crippen LogP contribution in [-0.4, -0.2) is 54.1 Å². The van der Waals surface area contributed by atoms with E-state index >= 15 is 0 Å². The zero-order valence-electron chi connectivity index (χ0n) is 22.2. The number of halogens is 1. The van der Waals surface area contributed by atoms with Crippen molar-refractivity contribution in [2.75, 3.05) is 26.9 Å². The van der Waals surface area contributed by atoms with Crippen LogP contribution in [0.5, 0.6) is 17.2 Å². The number of aliphatic hydroxyl groups excluding tert-OH is 1. The van der Waals surface area contributed by atoms with Crippen LogP contribution in [0.15, 0.2) is 48.5 Å². The number of aromatic nitrogens is 1. The first-order valence-corrected chi connectivity index (χ1v) is 12.4. The lowest BCUT2D eigenvalue weighted by molar-refractivity contribution is 0.0489. The maximum absolute atomic E-state index is 13.6. The number of benzene rings is 2. The van der Waals surface area contributed by atoms with Crippen molar-refractivity contribution in [1.29, 1.82) is 0 Å². The van der Waals surface area contributed by atoms with Gasteiger partial charge in [-0.1, -0.05) is 13.8 Å². The van der Waals surface area contributed by atoms with Crippen molar-refractivity contribution in [2.24, 2.45) is 0 Å². The maximum Gasteiger partial charge on any atom is 0.251 e. The van der Waals surface area contributed by atoms with Gasteiger partial charge < -0.3 is 29.7 Å². The molecule has 0 saturated carbocycles. The number of hydrogen-bond acceptors (Lipinski definition) is 7. The number of ether oxygens (including phenoxy) is 3. The van der Waals surface area contributed by atoms with Gasteiger partial charge in [-0.05, 0) is 62.4 Å². The molecule has 1 aliphatic rings. The number of fused-ring (bicyclic) bond motifs is 1. The Morgan fingerprint density at radius 3 is 2.58 bits per heavy atom. The van der Waals surface area contributed by atoms with Crippen LogP contribution in [0.3, 0.4) is 0 Å². The third kappa shape index (κ3) is 5.74. The molecule has 2 heterocycles. The van der Waals surface area contributed by atoms with E-state index in [1.807, 2.05) is 13.8 Å². The molecule has 1 amide bonds. The first kappa shape index (κ1) is 27.3. The van der Waals surface area contributed by atoms with Crippen molar-refractivity contribution in [1.82, 2.24) is 10.3 Å². The van der Waals surface area contributed by atoms with Crippen molar-refractivity contribution in [3.8, 4) is 28.5 Å². The standard InChI is InChI=1S/C29H33FN2O6/c1-17(33)14-37-22-11-8-19(12-23(22)36-5)27(34)31-15-29(4,35)24-13-21-26(38-16-28(21,2)3)25(32-24)18-6-9-20(30)10-7-18/h6-13,17,33,35H,14-16H2,1-5H3,(H,31,34)/t17-,29+/m1/s1. The Hall–Kier alpha value is -3.69. The molecule has 38 heavy (non-hydrogen) atoms. The van der Waals surface area contributed by atoms with Crippen LogP contribution in [0.4, 0.5) is 4.39 Å². The predicted molar refractivity (Wildman–Crippen MR) is 140 cm³/mol. The fourth-order valence-corrected chi connectivity index (χ4v) is 4.18. The molecule has 0 bridgehead atoms. The van der Waals surface area contributed by atoms with E-state index in [1.54, 1.807) is 44.2 Å². The molecule has 0 unspecified atom stereocenters. The number of nitrogens with one attached hydrogen (secondary N) is 1. The van der Waals surface area contributed by atoms with Gasteiger partial charge in [0.2, 0.25) is 0 Å². The maximum atomic E-state index is 13.6. The van der Waals surface area contributed by atoms with Crippen LogP contribution < -0.4 is 19.5 Å². The molecule has 0 saturated heterocycles. The molecule has 3 N–H and O–H groups in total. The highest BCUT2D eigenvalue weighted by molar-refractivity contribution is 5.95. The second-order valence-corrected chi connectivity index (χ2v) is 10.4. The Balaban J connectivity index is 1.58. The van der Waals surface area contributed by atoms with E-state index in [0.29, 0.717) is 46.4 Å². The molecule has 0 fully saturated rings. The molecule has 9 heteroatoms. The van der Waals surface area contributed by atoms with Gasteiger partial charge in [-0.25, -0.2) is 9.37 Å². The Morgan fingerprint density at radius 2 is 1.92 bits per heavy atom. The van der Waals surface area contributed by atoms with E-state index in [0.717, 1.165) is 5.56 Å². The average Bonchev–Trinajstić information content (AvgIpc) is 3.20. The Bertz CT molecular complexity index is 1320. The number of carbonyl (C=O) groups is 1. The van der Waals surface area contributed by atoms with Gasteiger partial charge in [0.25, 0.3) is 5.91 Å². The highest BCUT2D eigenvalue weighted by Crippen LogP contribution is 2.45. The minimum absolute atomic E-state index is 0.0836. The minimum atomic E-state index is -1.53. The monoisotopic (exact) mass is 524 g/mol. The van der Waals surface area contributed by atoms with Gasteiger partial charge in [-0.3, -0.25) is 4.79 Å². The van der Waals surface area contributed by atoms with E-state index in [4.69, 9.17) is 19.2 Å². The van der Waals surface area contributed by atoms with E-state index in [9.17, 15) is 19.4 Å². The van der Waals surface area contributed by atoms with E-state index in [2.05, 4.69) is 5.32 Å². The molecule has 202 valence electrons. The summed E-state index contributed by atoms with van der Waals surface area (Å²) in [5.41, 5.74) is 0.863. The van der Waals surface area contributed by atoms with Gasteiger partial charge >= 0.3 is 0 Å². The summed E-state index contributed by atoms with van der Waals surface area (Å²) in [4.78, 5) is 17.6. The SMILES string of the molecule is COc1cc(C(=O)NC[C@](C)(O)c2cc3c(c(-c4ccc(F)cc4)n2)OCC3(C)C)ccc1OC[C@@H](C)O. The summed E-state index contributed by atoms with van der Waals surface area (Å²) >= 11 is 0. The number of pyridine rings is 1. The van der Waals surface area contributed by atoms with Crippen molar-refractivity contribution in [3.63, 3.8) is 0 Å². The van der Waals surface area contributed by atoms with E-state index in [1.165, 1.54) is 25.3 Å². The highest BCUT2D eigenvalue weighted by Gasteiger charge is 2.38. The minimum Gasteiger partial charge on any atom is -0.493 e. The van der Waals surface area contributed by atoms with Gasteiger partial charge in [0.05, 0.1) is 32.1 Å². The second kappa shape index (κ2) is 10.6. The zero-order chi connectivity index (χ0) is 27.7. The van der Waals surface area contributed by atoms with Gasteiger partial charge in [-0.15, -0.1) is 0 Å². The molecule has 2 atom stereocenters. The van der Waals surface area contributed by atoms with Crippen LogP contribution in [0.25, 0.3) is 11.3 Å². The number of methoxy groups -OCH3 is 1. The van der Waals surface area contributed by atoms with Crippen molar-refractivity contribution >= 4 is 5.91 Å². The Labute approximate surface area is 221 Å². The fraction of sp³-hybridized carbons (Fsp3) is 0.379. The van der Waals surface area contributed by atoms with Crippen LogP contribution in [-0.2, 0) is 11.0 Å². The third-order valence-corrected chi connectivity index (χ3v) is 6.45. The summed E-state index contributed by atoms with van der Waals surface area (Å²) in [7, 11) is 1.46. The van der Waals surface area contributed by atoms with Gasteiger partial charge in [-0.2, -0.15) is 0 Å². The average molecular weight is 525 g/mol. The summed E-state index contributed by atoms with van der Waals surface area (Å²) in [5.74, 6) is 0.565. The number of amides is 1.